The lowest BCUT2D eigenvalue weighted by Crippen LogP contribution is -2.22. The highest BCUT2D eigenvalue weighted by Gasteiger charge is 2.19. The molecule has 0 fully saturated rings. The van der Waals surface area contributed by atoms with E-state index < -0.39 is 10.0 Å². The third-order valence-electron chi connectivity index (χ3n) is 4.38. The fourth-order valence-electron chi connectivity index (χ4n) is 2.74. The average Bonchev–Trinajstić information content (AvgIpc) is 3.22. The summed E-state index contributed by atoms with van der Waals surface area (Å²) in [5, 5.41) is 10.4. The molecule has 160 valence electrons. The molecule has 10 heteroatoms. The molecular formula is C20H25N5O4S. The Morgan fingerprint density at radius 1 is 1.07 bits per heavy atom. The number of anilines is 2. The van der Waals surface area contributed by atoms with E-state index in [1.807, 2.05) is 31.2 Å². The number of nitrogens with zero attached hydrogens (tertiary/aromatic N) is 3. The first kappa shape index (κ1) is 21.6. The smallest absolute Gasteiger partial charge is 0.246 e. The third kappa shape index (κ3) is 4.71. The van der Waals surface area contributed by atoms with E-state index in [1.165, 1.54) is 18.4 Å². The highest BCUT2D eigenvalue weighted by atomic mass is 32.2. The molecule has 0 bridgehead atoms. The molecule has 1 aromatic heterocycles. The van der Waals surface area contributed by atoms with E-state index in [0.717, 1.165) is 17.0 Å². The Balaban J connectivity index is 1.79. The SMILES string of the molecule is CCNc1ccc(S(=O)(=O)N(C)C)cc1NCc1nc(-c2ccc(OC)cc2)no1. The maximum absolute atomic E-state index is 12.5. The van der Waals surface area contributed by atoms with Crippen molar-refractivity contribution < 1.29 is 17.7 Å². The minimum atomic E-state index is -3.55. The third-order valence-corrected chi connectivity index (χ3v) is 6.19. The van der Waals surface area contributed by atoms with Gasteiger partial charge in [0, 0.05) is 26.2 Å². The lowest BCUT2D eigenvalue weighted by atomic mass is 10.2. The second-order valence-electron chi connectivity index (χ2n) is 6.62. The van der Waals surface area contributed by atoms with E-state index in [0.29, 0.717) is 23.9 Å². The van der Waals surface area contributed by atoms with E-state index in [1.54, 1.807) is 25.3 Å². The van der Waals surface area contributed by atoms with Crippen LogP contribution in [0.5, 0.6) is 5.75 Å². The van der Waals surface area contributed by atoms with Gasteiger partial charge in [-0.25, -0.2) is 12.7 Å². The van der Waals surface area contributed by atoms with Crippen molar-refractivity contribution in [3.63, 3.8) is 0 Å². The topological polar surface area (TPSA) is 110 Å². The monoisotopic (exact) mass is 431 g/mol. The molecule has 1 heterocycles. The summed E-state index contributed by atoms with van der Waals surface area (Å²) in [4.78, 5) is 4.59. The van der Waals surface area contributed by atoms with Gasteiger partial charge in [-0.05, 0) is 49.4 Å². The number of aromatic nitrogens is 2. The van der Waals surface area contributed by atoms with Crippen LogP contribution in [0.2, 0.25) is 0 Å². The summed E-state index contributed by atoms with van der Waals surface area (Å²) >= 11 is 0. The van der Waals surface area contributed by atoms with E-state index in [4.69, 9.17) is 9.26 Å². The molecule has 0 unspecified atom stereocenters. The van der Waals surface area contributed by atoms with Crippen LogP contribution in [0, 0.1) is 0 Å². The molecule has 3 rings (SSSR count). The molecule has 0 radical (unpaired) electrons. The fraction of sp³-hybridized carbons (Fsp3) is 0.300. The lowest BCUT2D eigenvalue weighted by molar-refractivity contribution is 0.384. The van der Waals surface area contributed by atoms with Crippen LogP contribution in [-0.4, -0.2) is 50.6 Å². The first-order chi connectivity index (χ1) is 14.3. The van der Waals surface area contributed by atoms with Crippen LogP contribution >= 0.6 is 0 Å². The van der Waals surface area contributed by atoms with Crippen LogP contribution in [0.1, 0.15) is 12.8 Å². The van der Waals surface area contributed by atoms with Crippen LogP contribution in [0.4, 0.5) is 11.4 Å². The molecule has 0 spiro atoms. The summed E-state index contributed by atoms with van der Waals surface area (Å²) in [5.74, 6) is 1.59. The maximum atomic E-state index is 12.5. The van der Waals surface area contributed by atoms with Crippen LogP contribution in [-0.2, 0) is 16.6 Å². The van der Waals surface area contributed by atoms with Gasteiger partial charge in [0.05, 0.1) is 29.9 Å². The van der Waals surface area contributed by atoms with Crippen molar-refractivity contribution in [2.75, 3.05) is 38.4 Å². The molecule has 0 aliphatic rings. The van der Waals surface area contributed by atoms with Crippen molar-refractivity contribution in [2.24, 2.45) is 0 Å². The quantitative estimate of drug-likeness (QED) is 0.532. The molecule has 0 aliphatic heterocycles. The Labute approximate surface area is 176 Å². The van der Waals surface area contributed by atoms with E-state index in [-0.39, 0.29) is 11.4 Å². The molecule has 2 N–H and O–H groups in total. The van der Waals surface area contributed by atoms with Crippen LogP contribution in [0.25, 0.3) is 11.4 Å². The van der Waals surface area contributed by atoms with Gasteiger partial charge in [-0.15, -0.1) is 0 Å². The predicted octanol–water partition coefficient (Wildman–Crippen LogP) is 3.04. The maximum Gasteiger partial charge on any atom is 0.246 e. The van der Waals surface area contributed by atoms with Crippen LogP contribution in [0.15, 0.2) is 51.9 Å². The Morgan fingerprint density at radius 3 is 2.43 bits per heavy atom. The molecule has 0 aliphatic carbocycles. The van der Waals surface area contributed by atoms with Gasteiger partial charge in [0.15, 0.2) is 0 Å². The fourth-order valence-corrected chi connectivity index (χ4v) is 3.67. The molecule has 30 heavy (non-hydrogen) atoms. The van der Waals surface area contributed by atoms with Gasteiger partial charge in [-0.3, -0.25) is 0 Å². The highest BCUT2D eigenvalue weighted by Crippen LogP contribution is 2.27. The van der Waals surface area contributed by atoms with Crippen molar-refractivity contribution in [1.82, 2.24) is 14.4 Å². The largest absolute Gasteiger partial charge is 0.497 e. The Kier molecular flexibility index (Phi) is 6.58. The highest BCUT2D eigenvalue weighted by molar-refractivity contribution is 7.89. The standard InChI is InChI=1S/C20H25N5O4S/c1-5-21-17-11-10-16(30(26,27)25(2)3)12-18(17)22-13-19-23-20(24-29-19)14-6-8-15(28-4)9-7-14/h6-12,21-22H,5,13H2,1-4H3. The number of benzene rings is 2. The summed E-state index contributed by atoms with van der Waals surface area (Å²) in [6.45, 7) is 2.90. The van der Waals surface area contributed by atoms with Crippen molar-refractivity contribution >= 4 is 21.4 Å². The molecule has 0 saturated carbocycles. The first-order valence-electron chi connectivity index (χ1n) is 9.36. The van der Waals surface area contributed by atoms with E-state index in [9.17, 15) is 8.42 Å². The minimum absolute atomic E-state index is 0.195. The van der Waals surface area contributed by atoms with Gasteiger partial charge < -0.3 is 19.9 Å². The Bertz CT molecular complexity index is 1090. The normalized spacial score (nSPS) is 11.5. The van der Waals surface area contributed by atoms with Crippen molar-refractivity contribution in [3.05, 3.63) is 48.4 Å². The number of ether oxygens (including phenoxy) is 1. The minimum Gasteiger partial charge on any atom is -0.497 e. The Morgan fingerprint density at radius 2 is 1.80 bits per heavy atom. The zero-order valence-electron chi connectivity index (χ0n) is 17.3. The second kappa shape index (κ2) is 9.14. The van der Waals surface area contributed by atoms with Gasteiger partial charge >= 0.3 is 0 Å². The number of nitrogens with one attached hydrogen (secondary N) is 2. The molecule has 2 aromatic carbocycles. The van der Waals surface area contributed by atoms with E-state index in [2.05, 4.69) is 20.8 Å². The zero-order valence-corrected chi connectivity index (χ0v) is 18.2. The predicted molar refractivity (Wildman–Crippen MR) is 115 cm³/mol. The van der Waals surface area contributed by atoms with Gasteiger partial charge in [-0.1, -0.05) is 5.16 Å². The molecule has 0 saturated heterocycles. The number of hydrogen-bond donors (Lipinski definition) is 2. The van der Waals surface area contributed by atoms with Gasteiger partial charge in [-0.2, -0.15) is 4.98 Å². The number of rotatable bonds is 9. The number of sulfonamides is 1. The Hall–Kier alpha value is -3.11. The summed E-state index contributed by atoms with van der Waals surface area (Å²) in [6.07, 6.45) is 0. The summed E-state index contributed by atoms with van der Waals surface area (Å²) in [5.41, 5.74) is 2.22. The van der Waals surface area contributed by atoms with E-state index >= 15 is 0 Å². The molecule has 9 nitrogen and oxygen atoms in total. The lowest BCUT2D eigenvalue weighted by Gasteiger charge is -2.16. The molecule has 0 atom stereocenters. The van der Waals surface area contributed by atoms with Crippen LogP contribution in [0.3, 0.4) is 0 Å². The van der Waals surface area contributed by atoms with Crippen molar-refractivity contribution in [2.45, 2.75) is 18.4 Å². The second-order valence-corrected chi connectivity index (χ2v) is 8.77. The van der Waals surface area contributed by atoms with Gasteiger partial charge in [0.1, 0.15) is 5.75 Å². The molecular weight excluding hydrogens is 406 g/mol. The van der Waals surface area contributed by atoms with Crippen molar-refractivity contribution in [3.8, 4) is 17.1 Å². The number of methoxy groups -OCH3 is 1. The van der Waals surface area contributed by atoms with Crippen LogP contribution < -0.4 is 15.4 Å². The average molecular weight is 432 g/mol. The summed E-state index contributed by atoms with van der Waals surface area (Å²) in [6, 6.07) is 12.2. The first-order valence-corrected chi connectivity index (χ1v) is 10.8. The summed E-state index contributed by atoms with van der Waals surface area (Å²) in [7, 11) is 1.06. The zero-order chi connectivity index (χ0) is 21.7. The van der Waals surface area contributed by atoms with Gasteiger partial charge in [0.2, 0.25) is 21.7 Å². The number of hydrogen-bond acceptors (Lipinski definition) is 8. The molecule has 3 aromatic rings. The van der Waals surface area contributed by atoms with Crippen molar-refractivity contribution in [1.29, 1.82) is 0 Å². The molecule has 0 amide bonds. The van der Waals surface area contributed by atoms with Gasteiger partial charge in [0.25, 0.3) is 0 Å². The summed E-state index contributed by atoms with van der Waals surface area (Å²) < 4.78 is 36.6.